The van der Waals surface area contributed by atoms with Crippen molar-refractivity contribution in [3.05, 3.63) is 23.4 Å². The zero-order valence-electron chi connectivity index (χ0n) is 7.27. The lowest BCUT2D eigenvalue weighted by Crippen LogP contribution is -2.18. The number of hydrogen-bond donors (Lipinski definition) is 1. The van der Waals surface area contributed by atoms with Crippen molar-refractivity contribution >= 4 is 27.4 Å². The van der Waals surface area contributed by atoms with Crippen LogP contribution in [0.3, 0.4) is 0 Å². The fourth-order valence-corrected chi connectivity index (χ4v) is 2.64. The van der Waals surface area contributed by atoms with Crippen molar-refractivity contribution in [1.82, 2.24) is 4.98 Å². The zero-order chi connectivity index (χ0) is 10.2. The zero-order valence-corrected chi connectivity index (χ0v) is 8.85. The minimum absolute atomic E-state index is 0.209. The summed E-state index contributed by atoms with van der Waals surface area (Å²) in [6.07, 6.45) is 2.94. The van der Waals surface area contributed by atoms with Crippen molar-refractivity contribution < 1.29 is 8.42 Å². The van der Waals surface area contributed by atoms with Gasteiger partial charge in [-0.15, -0.1) is 0 Å². The van der Waals surface area contributed by atoms with Crippen molar-refractivity contribution in [1.29, 1.82) is 0 Å². The van der Waals surface area contributed by atoms with Crippen LogP contribution in [0.1, 0.15) is 12.8 Å². The smallest absolute Gasteiger partial charge is 0.236 e. The van der Waals surface area contributed by atoms with Gasteiger partial charge in [0.2, 0.25) is 10.0 Å². The third-order valence-corrected chi connectivity index (χ3v) is 4.09. The molecular weight excluding hydrogens is 224 g/mol. The molecule has 1 aromatic heterocycles. The van der Waals surface area contributed by atoms with Gasteiger partial charge in [0.1, 0.15) is 0 Å². The molecule has 0 saturated heterocycles. The fraction of sp³-hybridized carbons (Fsp3) is 0.375. The highest BCUT2D eigenvalue weighted by Crippen LogP contribution is 2.30. The van der Waals surface area contributed by atoms with E-state index in [0.29, 0.717) is 5.02 Å². The molecule has 0 aromatic carbocycles. The van der Waals surface area contributed by atoms with E-state index in [4.69, 9.17) is 11.6 Å². The Morgan fingerprint density at radius 1 is 1.50 bits per heavy atom. The molecule has 76 valence electrons. The lowest BCUT2D eigenvalue weighted by Gasteiger charge is -2.06. The molecule has 14 heavy (non-hydrogen) atoms. The Hall–Kier alpha value is -0.810. The number of anilines is 1. The highest BCUT2D eigenvalue weighted by Gasteiger charge is 2.36. The Balaban J connectivity index is 2.22. The molecule has 1 fully saturated rings. The number of sulfonamides is 1. The predicted molar refractivity (Wildman–Crippen MR) is 54.8 cm³/mol. The first kappa shape index (κ1) is 9.73. The number of nitrogens with zero attached hydrogens (tertiary/aromatic N) is 1. The highest BCUT2D eigenvalue weighted by atomic mass is 35.5. The van der Waals surface area contributed by atoms with Crippen LogP contribution in [0.2, 0.25) is 5.02 Å². The third-order valence-electron chi connectivity index (χ3n) is 1.96. The second-order valence-corrected chi connectivity index (χ2v) is 5.55. The van der Waals surface area contributed by atoms with Crippen LogP contribution in [0, 0.1) is 0 Å². The van der Waals surface area contributed by atoms with Crippen molar-refractivity contribution in [2.75, 3.05) is 4.72 Å². The van der Waals surface area contributed by atoms with E-state index >= 15 is 0 Å². The Morgan fingerprint density at radius 3 is 2.79 bits per heavy atom. The number of aromatic nitrogens is 1. The van der Waals surface area contributed by atoms with E-state index in [1.54, 1.807) is 12.1 Å². The molecule has 4 nitrogen and oxygen atoms in total. The van der Waals surface area contributed by atoms with Gasteiger partial charge in [0, 0.05) is 6.20 Å². The van der Waals surface area contributed by atoms with Gasteiger partial charge in [-0.3, -0.25) is 4.72 Å². The average Bonchev–Trinajstić information content (AvgIpc) is 2.91. The van der Waals surface area contributed by atoms with E-state index < -0.39 is 10.0 Å². The Labute approximate surface area is 87.4 Å². The molecule has 1 aliphatic carbocycles. The standard InChI is InChI=1S/C8H9ClN2O2S/c9-7-2-1-5-10-8(7)11-14(12,13)6-3-4-6/h1-2,5-6H,3-4H2,(H,10,11). The van der Waals surface area contributed by atoms with Gasteiger partial charge in [0.25, 0.3) is 0 Å². The van der Waals surface area contributed by atoms with E-state index in [1.807, 2.05) is 0 Å². The van der Waals surface area contributed by atoms with E-state index in [9.17, 15) is 8.42 Å². The number of nitrogens with one attached hydrogen (secondary N) is 1. The number of halogens is 1. The summed E-state index contributed by atoms with van der Waals surface area (Å²) in [7, 11) is -3.26. The average molecular weight is 233 g/mol. The van der Waals surface area contributed by atoms with Crippen LogP contribution in [-0.2, 0) is 10.0 Å². The summed E-state index contributed by atoms with van der Waals surface area (Å²) in [6.45, 7) is 0. The predicted octanol–water partition coefficient (Wildman–Crippen LogP) is 1.64. The van der Waals surface area contributed by atoms with E-state index in [2.05, 4.69) is 9.71 Å². The molecule has 1 aromatic rings. The molecule has 1 saturated carbocycles. The van der Waals surface area contributed by atoms with Crippen molar-refractivity contribution in [2.45, 2.75) is 18.1 Å². The monoisotopic (exact) mass is 232 g/mol. The summed E-state index contributed by atoms with van der Waals surface area (Å²) in [5, 5.41) is 0.0531. The molecule has 1 N–H and O–H groups in total. The molecule has 6 heteroatoms. The van der Waals surface area contributed by atoms with Gasteiger partial charge in [-0.2, -0.15) is 0 Å². The Bertz CT molecular complexity index is 442. The first-order valence-corrected chi connectivity index (χ1v) is 6.14. The van der Waals surface area contributed by atoms with Gasteiger partial charge in [0.05, 0.1) is 10.3 Å². The third kappa shape index (κ3) is 1.99. The van der Waals surface area contributed by atoms with Crippen LogP contribution in [0.25, 0.3) is 0 Å². The maximum Gasteiger partial charge on any atom is 0.236 e. The van der Waals surface area contributed by atoms with Gasteiger partial charge < -0.3 is 0 Å². The molecule has 1 heterocycles. The van der Waals surface area contributed by atoms with Gasteiger partial charge in [-0.25, -0.2) is 13.4 Å². The first-order chi connectivity index (χ1) is 6.59. The molecule has 0 aliphatic heterocycles. The maximum absolute atomic E-state index is 11.5. The molecule has 0 unspecified atom stereocenters. The minimum atomic E-state index is -3.26. The topological polar surface area (TPSA) is 59.1 Å². The molecule has 1 aliphatic rings. The lowest BCUT2D eigenvalue weighted by molar-refractivity contribution is 0.600. The van der Waals surface area contributed by atoms with Crippen LogP contribution >= 0.6 is 11.6 Å². The normalized spacial score (nSPS) is 16.6. The van der Waals surface area contributed by atoms with Crippen molar-refractivity contribution in [3.8, 4) is 0 Å². The van der Waals surface area contributed by atoms with Crippen LogP contribution in [0.15, 0.2) is 18.3 Å². The summed E-state index contributed by atoms with van der Waals surface area (Å²) in [5.41, 5.74) is 0. The second-order valence-electron chi connectivity index (χ2n) is 3.18. The first-order valence-electron chi connectivity index (χ1n) is 4.22. The minimum Gasteiger partial charge on any atom is -0.266 e. The number of pyridine rings is 1. The summed E-state index contributed by atoms with van der Waals surface area (Å²) in [4.78, 5) is 3.85. The van der Waals surface area contributed by atoms with Crippen LogP contribution < -0.4 is 4.72 Å². The highest BCUT2D eigenvalue weighted by molar-refractivity contribution is 7.93. The van der Waals surface area contributed by atoms with Crippen molar-refractivity contribution in [3.63, 3.8) is 0 Å². The fourth-order valence-electron chi connectivity index (χ4n) is 1.06. The largest absolute Gasteiger partial charge is 0.266 e. The SMILES string of the molecule is O=S(=O)(Nc1ncccc1Cl)C1CC1. The lowest BCUT2D eigenvalue weighted by atomic mass is 10.5. The van der Waals surface area contributed by atoms with E-state index in [-0.39, 0.29) is 11.1 Å². The van der Waals surface area contributed by atoms with Gasteiger partial charge in [0.15, 0.2) is 5.82 Å². The Kier molecular flexibility index (Phi) is 2.36. The second kappa shape index (κ2) is 3.40. The molecule has 0 spiro atoms. The van der Waals surface area contributed by atoms with E-state index in [0.717, 1.165) is 12.8 Å². The van der Waals surface area contributed by atoms with Crippen molar-refractivity contribution in [2.24, 2.45) is 0 Å². The quantitative estimate of drug-likeness (QED) is 0.862. The van der Waals surface area contributed by atoms with Gasteiger partial charge in [-0.1, -0.05) is 11.6 Å². The molecule has 0 bridgehead atoms. The summed E-state index contributed by atoms with van der Waals surface area (Å²) >= 11 is 5.77. The van der Waals surface area contributed by atoms with E-state index in [1.165, 1.54) is 6.20 Å². The number of hydrogen-bond acceptors (Lipinski definition) is 3. The number of rotatable bonds is 3. The van der Waals surface area contributed by atoms with Gasteiger partial charge >= 0.3 is 0 Å². The summed E-state index contributed by atoms with van der Waals surface area (Å²) < 4.78 is 25.4. The molecular formula is C8H9ClN2O2S. The maximum atomic E-state index is 11.5. The summed E-state index contributed by atoms with van der Waals surface area (Å²) in [6, 6.07) is 3.25. The van der Waals surface area contributed by atoms with Crippen LogP contribution in [0.5, 0.6) is 0 Å². The molecule has 0 amide bonds. The molecule has 0 radical (unpaired) electrons. The van der Waals surface area contributed by atoms with Crippen LogP contribution in [0.4, 0.5) is 5.82 Å². The molecule has 2 rings (SSSR count). The Morgan fingerprint density at radius 2 is 2.21 bits per heavy atom. The molecule has 0 atom stereocenters. The summed E-state index contributed by atoms with van der Waals surface area (Å²) in [5.74, 6) is 0.209. The van der Waals surface area contributed by atoms with Crippen LogP contribution in [-0.4, -0.2) is 18.7 Å². The van der Waals surface area contributed by atoms with Gasteiger partial charge in [-0.05, 0) is 25.0 Å².